The minimum atomic E-state index is -0.947. The number of carboxylic acids is 1. The molecule has 0 fully saturated rings. The van der Waals surface area contributed by atoms with E-state index < -0.39 is 5.97 Å². The summed E-state index contributed by atoms with van der Waals surface area (Å²) >= 11 is 3.11. The van der Waals surface area contributed by atoms with Gasteiger partial charge >= 0.3 is 5.97 Å². The highest BCUT2D eigenvalue weighted by Crippen LogP contribution is 2.16. The standard InChI is InChI=1S/C8H9BrO2/c1-3-5-7(9)6(4-2)8(10)11/h3-5H,1H2,2H3,(H,10,11)/b6-4+,7-5+. The summed E-state index contributed by atoms with van der Waals surface area (Å²) in [5.41, 5.74) is 0.241. The van der Waals surface area contributed by atoms with E-state index in [2.05, 4.69) is 22.5 Å². The Morgan fingerprint density at radius 1 is 1.64 bits per heavy atom. The van der Waals surface area contributed by atoms with Crippen LogP contribution in [0, 0.1) is 0 Å². The van der Waals surface area contributed by atoms with Gasteiger partial charge in [-0.05, 0) is 28.9 Å². The van der Waals surface area contributed by atoms with E-state index in [0.717, 1.165) is 0 Å². The minimum absolute atomic E-state index is 0.241. The minimum Gasteiger partial charge on any atom is -0.478 e. The van der Waals surface area contributed by atoms with E-state index >= 15 is 0 Å². The first kappa shape index (κ1) is 10.2. The van der Waals surface area contributed by atoms with Crippen molar-refractivity contribution in [1.82, 2.24) is 0 Å². The zero-order chi connectivity index (χ0) is 8.85. The summed E-state index contributed by atoms with van der Waals surface area (Å²) in [5.74, 6) is -0.947. The molecule has 0 heterocycles. The average molecular weight is 217 g/mol. The van der Waals surface area contributed by atoms with Crippen molar-refractivity contribution in [3.05, 3.63) is 34.9 Å². The fourth-order valence-electron chi connectivity index (χ4n) is 0.557. The summed E-state index contributed by atoms with van der Waals surface area (Å²) in [4.78, 5) is 10.5. The molecule has 11 heavy (non-hydrogen) atoms. The molecule has 60 valence electrons. The number of rotatable bonds is 3. The van der Waals surface area contributed by atoms with E-state index in [1.54, 1.807) is 13.0 Å². The summed E-state index contributed by atoms with van der Waals surface area (Å²) in [6.07, 6.45) is 4.63. The van der Waals surface area contributed by atoms with Gasteiger partial charge in [0.2, 0.25) is 0 Å². The lowest BCUT2D eigenvalue weighted by Crippen LogP contribution is -1.99. The van der Waals surface area contributed by atoms with Gasteiger partial charge < -0.3 is 5.11 Å². The van der Waals surface area contributed by atoms with Gasteiger partial charge in [-0.3, -0.25) is 0 Å². The summed E-state index contributed by atoms with van der Waals surface area (Å²) in [6, 6.07) is 0. The molecule has 0 aliphatic rings. The third-order valence-electron chi connectivity index (χ3n) is 1.04. The summed E-state index contributed by atoms with van der Waals surface area (Å²) in [5, 5.41) is 8.60. The van der Waals surface area contributed by atoms with Crippen molar-refractivity contribution >= 4 is 21.9 Å². The normalized spacial score (nSPS) is 12.9. The fraction of sp³-hybridized carbons (Fsp3) is 0.125. The molecule has 0 aromatic rings. The topological polar surface area (TPSA) is 37.3 Å². The van der Waals surface area contributed by atoms with Crippen LogP contribution in [0.3, 0.4) is 0 Å². The molecule has 0 rings (SSSR count). The van der Waals surface area contributed by atoms with E-state index in [-0.39, 0.29) is 5.57 Å². The number of halogens is 1. The lowest BCUT2D eigenvalue weighted by Gasteiger charge is -1.96. The van der Waals surface area contributed by atoms with Crippen LogP contribution in [0.2, 0.25) is 0 Å². The number of aliphatic carboxylic acids is 1. The van der Waals surface area contributed by atoms with Gasteiger partial charge in [-0.15, -0.1) is 0 Å². The molecular formula is C8H9BrO2. The molecule has 0 aromatic carbocycles. The van der Waals surface area contributed by atoms with Crippen LogP contribution in [-0.4, -0.2) is 11.1 Å². The Morgan fingerprint density at radius 3 is 2.45 bits per heavy atom. The Bertz CT molecular complexity index is 226. The van der Waals surface area contributed by atoms with Gasteiger partial charge in [0, 0.05) is 4.48 Å². The van der Waals surface area contributed by atoms with E-state index in [1.165, 1.54) is 12.2 Å². The second-order valence-electron chi connectivity index (χ2n) is 1.76. The van der Waals surface area contributed by atoms with Crippen molar-refractivity contribution in [2.24, 2.45) is 0 Å². The molecule has 0 bridgehead atoms. The maximum absolute atomic E-state index is 10.5. The zero-order valence-electron chi connectivity index (χ0n) is 6.17. The fourth-order valence-corrected chi connectivity index (χ4v) is 1.14. The summed E-state index contributed by atoms with van der Waals surface area (Å²) < 4.78 is 0.530. The quantitative estimate of drug-likeness (QED) is 0.582. The molecule has 0 saturated heterocycles. The largest absolute Gasteiger partial charge is 0.478 e. The molecule has 0 aliphatic carbocycles. The molecule has 0 spiro atoms. The number of carbonyl (C=O) groups is 1. The SMILES string of the molecule is C=C/C=C(Br)\C(=C/C)C(=O)O. The third kappa shape index (κ3) is 3.18. The predicted octanol–water partition coefficient (Wildman–Crippen LogP) is 2.48. The molecule has 0 saturated carbocycles. The van der Waals surface area contributed by atoms with Crippen LogP contribution in [0.15, 0.2) is 34.9 Å². The van der Waals surface area contributed by atoms with Crippen LogP contribution in [0.25, 0.3) is 0 Å². The molecule has 1 N–H and O–H groups in total. The highest BCUT2D eigenvalue weighted by molar-refractivity contribution is 9.12. The smallest absolute Gasteiger partial charge is 0.336 e. The number of hydrogen-bond donors (Lipinski definition) is 1. The monoisotopic (exact) mass is 216 g/mol. The third-order valence-corrected chi connectivity index (χ3v) is 1.73. The van der Waals surface area contributed by atoms with Crippen LogP contribution in [0.4, 0.5) is 0 Å². The van der Waals surface area contributed by atoms with Crippen LogP contribution >= 0.6 is 15.9 Å². The van der Waals surface area contributed by atoms with Crippen LogP contribution in [0.5, 0.6) is 0 Å². The Hall–Kier alpha value is -0.830. The predicted molar refractivity (Wildman–Crippen MR) is 48.6 cm³/mol. The van der Waals surface area contributed by atoms with Gasteiger partial charge in [-0.2, -0.15) is 0 Å². The first-order valence-corrected chi connectivity index (χ1v) is 3.81. The van der Waals surface area contributed by atoms with Crippen molar-refractivity contribution in [1.29, 1.82) is 0 Å². The van der Waals surface area contributed by atoms with Crippen LogP contribution in [-0.2, 0) is 4.79 Å². The van der Waals surface area contributed by atoms with Crippen molar-refractivity contribution in [3.8, 4) is 0 Å². The molecule has 0 aromatic heterocycles. The first-order chi connectivity index (χ1) is 5.13. The number of allylic oxidation sites excluding steroid dienone is 3. The molecule has 2 nitrogen and oxygen atoms in total. The van der Waals surface area contributed by atoms with Crippen molar-refractivity contribution in [2.45, 2.75) is 6.92 Å². The molecule has 0 unspecified atom stereocenters. The molecule has 3 heteroatoms. The lowest BCUT2D eigenvalue weighted by atomic mass is 10.2. The Labute approximate surface area is 74.0 Å². The van der Waals surface area contributed by atoms with Gasteiger partial charge in [0.15, 0.2) is 0 Å². The molecule has 0 amide bonds. The van der Waals surface area contributed by atoms with E-state index in [4.69, 9.17) is 5.11 Å². The maximum Gasteiger partial charge on any atom is 0.336 e. The number of carboxylic acid groups (broad SMARTS) is 1. The van der Waals surface area contributed by atoms with Gasteiger partial charge in [-0.25, -0.2) is 4.79 Å². The average Bonchev–Trinajstić information content (AvgIpc) is 1.88. The first-order valence-electron chi connectivity index (χ1n) is 3.01. The number of hydrogen-bond acceptors (Lipinski definition) is 1. The highest BCUT2D eigenvalue weighted by atomic mass is 79.9. The van der Waals surface area contributed by atoms with Crippen LogP contribution < -0.4 is 0 Å². The lowest BCUT2D eigenvalue weighted by molar-refractivity contribution is -0.132. The summed E-state index contributed by atoms with van der Waals surface area (Å²) in [6.45, 7) is 5.12. The zero-order valence-corrected chi connectivity index (χ0v) is 7.76. The highest BCUT2D eigenvalue weighted by Gasteiger charge is 2.07. The Balaban J connectivity index is 4.67. The van der Waals surface area contributed by atoms with Gasteiger partial charge in [-0.1, -0.05) is 18.7 Å². The summed E-state index contributed by atoms with van der Waals surface area (Å²) in [7, 11) is 0. The molecular weight excluding hydrogens is 208 g/mol. The van der Waals surface area contributed by atoms with Gasteiger partial charge in [0.25, 0.3) is 0 Å². The molecule has 0 radical (unpaired) electrons. The van der Waals surface area contributed by atoms with Crippen molar-refractivity contribution < 1.29 is 9.90 Å². The second-order valence-corrected chi connectivity index (χ2v) is 2.61. The van der Waals surface area contributed by atoms with Crippen molar-refractivity contribution in [3.63, 3.8) is 0 Å². The van der Waals surface area contributed by atoms with Crippen molar-refractivity contribution in [2.75, 3.05) is 0 Å². The Morgan fingerprint density at radius 2 is 2.18 bits per heavy atom. The van der Waals surface area contributed by atoms with E-state index in [9.17, 15) is 4.79 Å². The molecule has 0 aliphatic heterocycles. The van der Waals surface area contributed by atoms with E-state index in [1.807, 2.05) is 0 Å². The van der Waals surface area contributed by atoms with E-state index in [0.29, 0.717) is 4.48 Å². The second kappa shape index (κ2) is 4.91. The Kier molecular flexibility index (Phi) is 4.54. The maximum atomic E-state index is 10.5. The van der Waals surface area contributed by atoms with Crippen LogP contribution in [0.1, 0.15) is 6.92 Å². The molecule has 0 atom stereocenters. The van der Waals surface area contributed by atoms with Gasteiger partial charge in [0.1, 0.15) is 0 Å². The van der Waals surface area contributed by atoms with Gasteiger partial charge in [0.05, 0.1) is 5.57 Å².